The zero-order valence-corrected chi connectivity index (χ0v) is 16.1. The van der Waals surface area contributed by atoms with E-state index in [0.717, 1.165) is 0 Å². The molecule has 23 heavy (non-hydrogen) atoms. The molecule has 140 valence electrons. The smallest absolute Gasteiger partial charge is 0.434 e. The second kappa shape index (κ2) is 32.0. The predicted octanol–water partition coefficient (Wildman–Crippen LogP) is 1.93. The molecule has 9 heteroatoms. The van der Waals surface area contributed by atoms with Crippen molar-refractivity contribution in [2.75, 3.05) is 7.11 Å². The fourth-order valence-electron chi connectivity index (χ4n) is 0.304. The minimum atomic E-state index is -0.502. The van der Waals surface area contributed by atoms with Crippen LogP contribution < -0.4 is 17.0 Å². The van der Waals surface area contributed by atoms with Crippen LogP contribution in [0.2, 0.25) is 0 Å². The van der Waals surface area contributed by atoms with Gasteiger partial charge in [0.15, 0.2) is 0 Å². The lowest BCUT2D eigenvalue weighted by Gasteiger charge is -1.80. The quantitative estimate of drug-likeness (QED) is 0.284. The van der Waals surface area contributed by atoms with Crippen molar-refractivity contribution in [2.45, 2.75) is 62.3 Å². The van der Waals surface area contributed by atoms with Gasteiger partial charge in [0.25, 0.3) is 0 Å². The largest absolute Gasteiger partial charge is 0.469 e. The van der Waals surface area contributed by atoms with E-state index in [9.17, 15) is 14.4 Å². The van der Waals surface area contributed by atoms with Gasteiger partial charge in [0.2, 0.25) is 11.8 Å². The van der Waals surface area contributed by atoms with Crippen LogP contribution in [-0.4, -0.2) is 29.2 Å². The van der Waals surface area contributed by atoms with E-state index < -0.39 is 5.76 Å². The van der Waals surface area contributed by atoms with Gasteiger partial charge in [-0.25, -0.2) is 15.7 Å². The lowest BCUT2D eigenvalue weighted by atomic mass is 10.8. The standard InChI is InChI=1S/C3H4N2O2.C3H6O2.C2H6N2O.3C2H6/c1-2-4-5-3(6)7-2;1-3(4)5-2;1-2(5)4-3;3*1-2/h1H3,(H,5,6);1-2H3;3H2,1H3,(H,4,5);3*1-2H3. The minimum Gasteiger partial charge on any atom is -0.469 e. The number of H-pyrrole nitrogens is 1. The summed E-state index contributed by atoms with van der Waals surface area (Å²) in [7, 11) is 1.35. The highest BCUT2D eigenvalue weighted by Crippen LogP contribution is 1.76. The highest BCUT2D eigenvalue weighted by atomic mass is 16.5. The summed E-state index contributed by atoms with van der Waals surface area (Å²) in [6, 6.07) is 0. The molecule has 1 amide bonds. The maximum Gasteiger partial charge on any atom is 0.434 e. The molecule has 0 saturated carbocycles. The molecule has 1 rings (SSSR count). The van der Waals surface area contributed by atoms with Gasteiger partial charge in [0, 0.05) is 20.8 Å². The summed E-state index contributed by atoms with van der Waals surface area (Å²) in [5, 5.41) is 5.51. The first-order valence-electron chi connectivity index (χ1n) is 7.37. The van der Waals surface area contributed by atoms with E-state index in [4.69, 9.17) is 0 Å². The Kier molecular flexibility index (Phi) is 45.5. The maximum absolute atomic E-state index is 10.0. The van der Waals surface area contributed by atoms with Crippen molar-refractivity contribution in [3.8, 4) is 0 Å². The number of esters is 1. The number of aryl methyl sites for hydroxylation is 1. The maximum atomic E-state index is 10.0. The fraction of sp³-hybridized carbons (Fsp3) is 0.714. The van der Waals surface area contributed by atoms with Gasteiger partial charge in [-0.2, -0.15) is 0 Å². The van der Waals surface area contributed by atoms with Crippen LogP contribution in [-0.2, 0) is 14.3 Å². The molecule has 1 heterocycles. The zero-order valence-electron chi connectivity index (χ0n) is 16.1. The minimum absolute atomic E-state index is 0.218. The number of rotatable bonds is 0. The average molecular weight is 338 g/mol. The van der Waals surface area contributed by atoms with Crippen LogP contribution in [0, 0.1) is 6.92 Å². The first kappa shape index (κ1) is 32.7. The number of aromatic amines is 1. The number of carbonyl (C=O) groups excluding carboxylic acids is 2. The summed E-state index contributed by atoms with van der Waals surface area (Å²) in [4.78, 5) is 29.2. The van der Waals surface area contributed by atoms with Gasteiger partial charge in [-0.3, -0.25) is 15.0 Å². The number of methoxy groups -OCH3 is 1. The molecule has 1 aromatic heterocycles. The van der Waals surface area contributed by atoms with Crippen molar-refractivity contribution in [1.29, 1.82) is 0 Å². The summed E-state index contributed by atoms with van der Waals surface area (Å²) in [6.45, 7) is 16.3. The lowest BCUT2D eigenvalue weighted by molar-refractivity contribution is -0.137. The van der Waals surface area contributed by atoms with E-state index in [1.165, 1.54) is 21.0 Å². The third kappa shape index (κ3) is 53.7. The van der Waals surface area contributed by atoms with Crippen molar-refractivity contribution >= 4 is 11.9 Å². The third-order valence-electron chi connectivity index (χ3n) is 1.04. The normalized spacial score (nSPS) is 6.57. The molecule has 0 aliphatic rings. The van der Waals surface area contributed by atoms with Gasteiger partial charge < -0.3 is 9.15 Å². The molecule has 0 aromatic carbocycles. The molecule has 4 N–H and O–H groups in total. The molecule has 1 aromatic rings. The molecule has 0 radical (unpaired) electrons. The predicted molar refractivity (Wildman–Crippen MR) is 91.6 cm³/mol. The Hall–Kier alpha value is -2.16. The highest BCUT2D eigenvalue weighted by Gasteiger charge is 1.86. The summed E-state index contributed by atoms with van der Waals surface area (Å²) in [5.41, 5.74) is 1.89. The van der Waals surface area contributed by atoms with Crippen LogP contribution in [0.5, 0.6) is 0 Å². The van der Waals surface area contributed by atoms with Crippen molar-refractivity contribution in [3.05, 3.63) is 16.4 Å². The molecule has 0 atom stereocenters. The summed E-state index contributed by atoms with van der Waals surface area (Å²) < 4.78 is 8.47. The number of hydrogen-bond donors (Lipinski definition) is 3. The van der Waals surface area contributed by atoms with Crippen molar-refractivity contribution in [3.63, 3.8) is 0 Å². The van der Waals surface area contributed by atoms with Crippen LogP contribution in [0.1, 0.15) is 61.3 Å². The Labute approximate surface area is 138 Å². The average Bonchev–Trinajstić information content (AvgIpc) is 2.97. The van der Waals surface area contributed by atoms with Crippen molar-refractivity contribution in [1.82, 2.24) is 15.6 Å². The Morgan fingerprint density at radius 3 is 1.48 bits per heavy atom. The number of hydrazine groups is 1. The van der Waals surface area contributed by atoms with Gasteiger partial charge in [-0.1, -0.05) is 41.5 Å². The molecule has 0 aliphatic carbocycles. The Bertz CT molecular complexity index is 375. The van der Waals surface area contributed by atoms with Gasteiger partial charge >= 0.3 is 11.7 Å². The number of carbonyl (C=O) groups is 2. The summed E-state index contributed by atoms with van der Waals surface area (Å²) >= 11 is 0. The van der Waals surface area contributed by atoms with Crippen LogP contribution in [0.4, 0.5) is 0 Å². The molecule has 0 bridgehead atoms. The Balaban J connectivity index is -0.0000000615. The number of nitrogens with two attached hydrogens (primary N) is 1. The van der Waals surface area contributed by atoms with Crippen molar-refractivity contribution in [2.24, 2.45) is 5.84 Å². The number of nitrogens with zero attached hydrogens (tertiary/aromatic N) is 1. The van der Waals surface area contributed by atoms with Crippen molar-refractivity contribution < 1.29 is 18.7 Å². The summed E-state index contributed by atoms with van der Waals surface area (Å²) in [5.74, 6) is 3.97. The molecular weight excluding hydrogens is 304 g/mol. The monoisotopic (exact) mass is 338 g/mol. The lowest BCUT2D eigenvalue weighted by Crippen LogP contribution is -2.26. The Morgan fingerprint density at radius 2 is 1.43 bits per heavy atom. The topological polar surface area (TPSA) is 140 Å². The van der Waals surface area contributed by atoms with Crippen LogP contribution >= 0.6 is 0 Å². The fourth-order valence-corrected chi connectivity index (χ4v) is 0.304. The number of aromatic nitrogens is 2. The Morgan fingerprint density at radius 1 is 1.13 bits per heavy atom. The molecule has 0 saturated heterocycles. The van der Waals surface area contributed by atoms with E-state index in [1.807, 2.05) is 47.0 Å². The second-order valence-electron chi connectivity index (χ2n) is 2.53. The van der Waals surface area contributed by atoms with E-state index in [0.29, 0.717) is 5.89 Å². The van der Waals surface area contributed by atoms with Crippen LogP contribution in [0.15, 0.2) is 9.21 Å². The van der Waals surface area contributed by atoms with E-state index in [2.05, 4.69) is 25.2 Å². The van der Waals surface area contributed by atoms with Gasteiger partial charge in [-0.15, -0.1) is 5.10 Å². The number of ether oxygens (including phenoxy) is 1. The third-order valence-corrected chi connectivity index (χ3v) is 1.04. The molecule has 0 aliphatic heterocycles. The zero-order chi connectivity index (χ0) is 19.8. The number of hydrogen-bond acceptors (Lipinski definition) is 7. The molecule has 0 fully saturated rings. The summed E-state index contributed by atoms with van der Waals surface area (Å²) in [6.07, 6.45) is 0. The van der Waals surface area contributed by atoms with Gasteiger partial charge in [0.05, 0.1) is 7.11 Å². The van der Waals surface area contributed by atoms with Gasteiger partial charge in [-0.05, 0) is 0 Å². The second-order valence-corrected chi connectivity index (χ2v) is 2.53. The number of amides is 1. The van der Waals surface area contributed by atoms with Crippen LogP contribution in [0.25, 0.3) is 0 Å². The molecule has 0 spiro atoms. The molecule has 0 unspecified atom stereocenters. The SMILES string of the molecule is CC.CC.CC.CC(=O)NN.COC(C)=O.Cc1n[nH]c(=O)o1. The first-order chi connectivity index (χ1) is 10.8. The van der Waals surface area contributed by atoms with Gasteiger partial charge in [0.1, 0.15) is 0 Å². The van der Waals surface area contributed by atoms with E-state index in [1.54, 1.807) is 6.92 Å². The highest BCUT2D eigenvalue weighted by molar-refractivity contribution is 5.71. The number of nitrogens with one attached hydrogen (secondary N) is 2. The van der Waals surface area contributed by atoms with E-state index in [-0.39, 0.29) is 11.9 Å². The molecular formula is C14H34N4O5. The van der Waals surface area contributed by atoms with E-state index >= 15 is 0 Å². The van der Waals surface area contributed by atoms with Crippen LogP contribution in [0.3, 0.4) is 0 Å². The molecule has 9 nitrogen and oxygen atoms in total. The first-order valence-corrected chi connectivity index (χ1v) is 7.37.